The van der Waals surface area contributed by atoms with Crippen molar-refractivity contribution >= 4 is 55.0 Å². The van der Waals surface area contributed by atoms with Crippen molar-refractivity contribution in [2.45, 2.75) is 11.8 Å². The average molecular weight is 531 g/mol. The second-order valence-electron chi connectivity index (χ2n) is 7.02. The maximum atomic E-state index is 12.9. The van der Waals surface area contributed by atoms with Gasteiger partial charge in [-0.3, -0.25) is 14.9 Å². The average Bonchev–Trinajstić information content (AvgIpc) is 3.33. The SMILES string of the molecule is CC1=NN(c2ccc(S(N)(=O)=O)cc2)C(=O)/C1=C/c1ccc(-c2ccc([N+](=O)[O-])cc2Br)o1. The molecule has 12 heteroatoms. The minimum Gasteiger partial charge on any atom is -0.457 e. The molecule has 168 valence electrons. The molecule has 33 heavy (non-hydrogen) atoms. The number of rotatable bonds is 5. The number of carbonyl (C=O) groups excluding carboxylic acids is 1. The van der Waals surface area contributed by atoms with E-state index < -0.39 is 20.9 Å². The molecule has 2 aromatic carbocycles. The molecular weight excluding hydrogens is 516 g/mol. The van der Waals surface area contributed by atoms with Crippen LogP contribution in [0.1, 0.15) is 12.7 Å². The topological polar surface area (TPSA) is 149 Å². The van der Waals surface area contributed by atoms with Gasteiger partial charge in [0.2, 0.25) is 10.0 Å². The summed E-state index contributed by atoms with van der Waals surface area (Å²) >= 11 is 3.31. The van der Waals surface area contributed by atoms with Crippen LogP contribution in [0.15, 0.2) is 79.1 Å². The Kier molecular flexibility index (Phi) is 5.74. The summed E-state index contributed by atoms with van der Waals surface area (Å²) in [5.41, 5.74) is 1.69. The van der Waals surface area contributed by atoms with Crippen molar-refractivity contribution in [3.05, 3.63) is 80.5 Å². The van der Waals surface area contributed by atoms with Gasteiger partial charge in [-0.2, -0.15) is 10.1 Å². The fourth-order valence-corrected chi connectivity index (χ4v) is 4.25. The smallest absolute Gasteiger partial charge is 0.280 e. The Bertz CT molecular complexity index is 1460. The number of amides is 1. The highest BCUT2D eigenvalue weighted by atomic mass is 79.9. The maximum Gasteiger partial charge on any atom is 0.280 e. The lowest BCUT2D eigenvalue weighted by Gasteiger charge is -2.11. The molecule has 1 amide bonds. The Hall–Kier alpha value is -3.61. The molecule has 0 radical (unpaired) electrons. The summed E-state index contributed by atoms with van der Waals surface area (Å²) in [7, 11) is -3.85. The number of nitrogens with two attached hydrogens (primary N) is 1. The molecule has 0 fully saturated rings. The zero-order valence-corrected chi connectivity index (χ0v) is 19.3. The molecule has 4 rings (SSSR count). The van der Waals surface area contributed by atoms with Gasteiger partial charge in [0.15, 0.2) is 0 Å². The number of benzene rings is 2. The van der Waals surface area contributed by atoms with E-state index in [9.17, 15) is 23.3 Å². The first-order chi connectivity index (χ1) is 15.5. The van der Waals surface area contributed by atoms with Gasteiger partial charge in [-0.15, -0.1) is 0 Å². The van der Waals surface area contributed by atoms with Gasteiger partial charge in [0.05, 0.1) is 26.8 Å². The second kappa shape index (κ2) is 8.39. The lowest BCUT2D eigenvalue weighted by atomic mass is 10.1. The predicted molar refractivity (Wildman–Crippen MR) is 125 cm³/mol. The molecule has 1 aliphatic heterocycles. The molecule has 0 atom stereocenters. The van der Waals surface area contributed by atoms with E-state index in [0.29, 0.717) is 38.5 Å². The molecule has 2 N–H and O–H groups in total. The number of hydrazone groups is 1. The van der Waals surface area contributed by atoms with E-state index in [1.807, 2.05) is 0 Å². The highest BCUT2D eigenvalue weighted by Gasteiger charge is 2.29. The van der Waals surface area contributed by atoms with Crippen molar-refractivity contribution in [2.75, 3.05) is 5.01 Å². The largest absolute Gasteiger partial charge is 0.457 e. The van der Waals surface area contributed by atoms with Crippen molar-refractivity contribution in [1.29, 1.82) is 0 Å². The molecule has 0 spiro atoms. The van der Waals surface area contributed by atoms with Crippen LogP contribution in [-0.4, -0.2) is 25.0 Å². The van der Waals surface area contributed by atoms with Crippen LogP contribution in [0, 0.1) is 10.1 Å². The second-order valence-corrected chi connectivity index (χ2v) is 9.44. The van der Waals surface area contributed by atoms with Crippen molar-refractivity contribution < 1.29 is 22.6 Å². The Balaban J connectivity index is 1.60. The summed E-state index contributed by atoms with van der Waals surface area (Å²) in [5.74, 6) is 0.434. The number of hydrogen-bond donors (Lipinski definition) is 1. The summed E-state index contributed by atoms with van der Waals surface area (Å²) in [6, 6.07) is 13.1. The Morgan fingerprint density at radius 3 is 2.45 bits per heavy atom. The first-order valence-electron chi connectivity index (χ1n) is 9.33. The molecule has 10 nitrogen and oxygen atoms in total. The normalized spacial score (nSPS) is 15.2. The Labute approximate surface area is 196 Å². The standard InChI is InChI=1S/C21H15BrN4O6S/c1-12-18(21(27)25(24-12)13-2-6-16(7-3-13)33(23,30)31)11-15-5-9-20(32-15)17-8-4-14(26(28)29)10-19(17)22/h2-11H,1H3,(H2,23,30,31)/b18-11+. The zero-order valence-electron chi connectivity index (χ0n) is 16.9. The van der Waals surface area contributed by atoms with Crippen LogP contribution in [-0.2, 0) is 14.8 Å². The Morgan fingerprint density at radius 1 is 1.15 bits per heavy atom. The number of nitrogens with zero attached hydrogens (tertiary/aromatic N) is 3. The molecule has 0 saturated heterocycles. The number of primary sulfonamides is 1. The van der Waals surface area contributed by atoms with Gasteiger partial charge in [0.25, 0.3) is 11.6 Å². The van der Waals surface area contributed by atoms with E-state index in [4.69, 9.17) is 9.56 Å². The summed E-state index contributed by atoms with van der Waals surface area (Å²) in [6.07, 6.45) is 1.54. The molecule has 0 bridgehead atoms. The number of furan rings is 1. The third-order valence-electron chi connectivity index (χ3n) is 4.81. The van der Waals surface area contributed by atoms with E-state index in [1.54, 1.807) is 31.2 Å². The minimum absolute atomic E-state index is 0.0555. The van der Waals surface area contributed by atoms with E-state index in [0.717, 1.165) is 5.01 Å². The van der Waals surface area contributed by atoms with Crippen molar-refractivity contribution in [2.24, 2.45) is 10.2 Å². The van der Waals surface area contributed by atoms with Gasteiger partial charge in [0, 0.05) is 22.2 Å². The molecule has 1 aromatic heterocycles. The van der Waals surface area contributed by atoms with Crippen molar-refractivity contribution in [1.82, 2.24) is 0 Å². The first-order valence-corrected chi connectivity index (χ1v) is 11.7. The number of carbonyl (C=O) groups is 1. The number of anilines is 1. The predicted octanol–water partition coefficient (Wildman–Crippen LogP) is 4.07. The molecular formula is C21H15BrN4O6S. The van der Waals surface area contributed by atoms with Gasteiger partial charge in [-0.1, -0.05) is 0 Å². The van der Waals surface area contributed by atoms with Crippen LogP contribution in [0.2, 0.25) is 0 Å². The summed E-state index contributed by atoms with van der Waals surface area (Å²) in [4.78, 5) is 23.3. The van der Waals surface area contributed by atoms with Crippen LogP contribution in [0.3, 0.4) is 0 Å². The Morgan fingerprint density at radius 2 is 1.85 bits per heavy atom. The molecule has 0 saturated carbocycles. The van der Waals surface area contributed by atoms with Gasteiger partial charge in [0.1, 0.15) is 11.5 Å². The van der Waals surface area contributed by atoms with Crippen LogP contribution >= 0.6 is 15.9 Å². The lowest BCUT2D eigenvalue weighted by Crippen LogP contribution is -2.21. The van der Waals surface area contributed by atoms with E-state index in [1.165, 1.54) is 36.4 Å². The van der Waals surface area contributed by atoms with Crippen LogP contribution in [0.25, 0.3) is 17.4 Å². The maximum absolute atomic E-state index is 12.9. The molecule has 3 aromatic rings. The molecule has 2 heterocycles. The lowest BCUT2D eigenvalue weighted by molar-refractivity contribution is -0.384. The van der Waals surface area contributed by atoms with Crippen LogP contribution in [0.5, 0.6) is 0 Å². The summed E-state index contributed by atoms with van der Waals surface area (Å²) < 4.78 is 29.2. The van der Waals surface area contributed by atoms with Crippen molar-refractivity contribution in [3.63, 3.8) is 0 Å². The molecule has 0 unspecified atom stereocenters. The highest BCUT2D eigenvalue weighted by Crippen LogP contribution is 2.33. The third kappa shape index (κ3) is 4.49. The molecule has 0 aliphatic carbocycles. The van der Waals surface area contributed by atoms with E-state index in [-0.39, 0.29) is 10.6 Å². The summed E-state index contributed by atoms with van der Waals surface area (Å²) in [6.45, 7) is 1.67. The number of nitro benzene ring substituents is 1. The van der Waals surface area contributed by atoms with Gasteiger partial charge in [-0.05, 0) is 71.4 Å². The van der Waals surface area contributed by atoms with Crippen LogP contribution in [0.4, 0.5) is 11.4 Å². The zero-order chi connectivity index (χ0) is 23.9. The fourth-order valence-electron chi connectivity index (χ4n) is 3.17. The van der Waals surface area contributed by atoms with Gasteiger partial charge < -0.3 is 4.42 Å². The number of nitro groups is 1. The van der Waals surface area contributed by atoms with Gasteiger partial charge >= 0.3 is 0 Å². The van der Waals surface area contributed by atoms with E-state index in [2.05, 4.69) is 21.0 Å². The highest BCUT2D eigenvalue weighted by molar-refractivity contribution is 9.10. The number of halogens is 1. The number of non-ortho nitro benzene ring substituents is 1. The quantitative estimate of drug-likeness (QED) is 0.298. The molecule has 1 aliphatic rings. The fraction of sp³-hybridized carbons (Fsp3) is 0.0476. The monoisotopic (exact) mass is 530 g/mol. The van der Waals surface area contributed by atoms with E-state index >= 15 is 0 Å². The van der Waals surface area contributed by atoms with Gasteiger partial charge in [-0.25, -0.2) is 13.6 Å². The summed E-state index contributed by atoms with van der Waals surface area (Å²) in [5, 5.41) is 21.4. The first kappa shape index (κ1) is 22.6. The minimum atomic E-state index is -3.85. The number of hydrogen-bond acceptors (Lipinski definition) is 7. The van der Waals surface area contributed by atoms with Crippen molar-refractivity contribution in [3.8, 4) is 11.3 Å². The van der Waals surface area contributed by atoms with Crippen LogP contribution < -0.4 is 10.1 Å². The number of sulfonamides is 1. The third-order valence-corrected chi connectivity index (χ3v) is 6.40.